The minimum absolute atomic E-state index is 0.256. The molecule has 0 spiro atoms. The Bertz CT molecular complexity index is 650. The summed E-state index contributed by atoms with van der Waals surface area (Å²) in [5, 5.41) is 8.80. The Morgan fingerprint density at radius 2 is 1.77 bits per heavy atom. The average molecular weight is 301 g/mol. The molecule has 0 fully saturated rings. The first-order chi connectivity index (χ1) is 10.7. The predicted molar refractivity (Wildman–Crippen MR) is 79.7 cm³/mol. The molecule has 114 valence electrons. The quantitative estimate of drug-likeness (QED) is 0.736. The molecule has 0 N–H and O–H groups in total. The molecule has 0 bridgehead atoms. The second-order valence-electron chi connectivity index (χ2n) is 4.43. The first-order valence-corrected chi connectivity index (χ1v) is 6.78. The van der Waals surface area contributed by atoms with Crippen LogP contribution in [0.3, 0.4) is 0 Å². The number of benzene rings is 2. The van der Waals surface area contributed by atoms with Gasteiger partial charge in [-0.05, 0) is 30.3 Å². The lowest BCUT2D eigenvalue weighted by Crippen LogP contribution is -2.10. The molecule has 22 heavy (non-hydrogen) atoms. The third-order valence-corrected chi connectivity index (χ3v) is 2.96. The first-order valence-electron chi connectivity index (χ1n) is 6.78. The zero-order valence-corrected chi connectivity index (χ0v) is 12.2. The number of rotatable bonds is 7. The molecule has 0 radical (unpaired) electrons. The Hall–Kier alpha value is -2.74. The summed E-state index contributed by atoms with van der Waals surface area (Å²) in [6, 6.07) is 13.3. The van der Waals surface area contributed by atoms with Gasteiger partial charge in [-0.1, -0.05) is 12.1 Å². The summed E-state index contributed by atoms with van der Waals surface area (Å²) < 4.78 is 29.1. The second kappa shape index (κ2) is 7.89. The molecule has 0 aliphatic heterocycles. The maximum atomic E-state index is 12.8. The molecular formula is C17H16FNO3. The lowest BCUT2D eigenvalue weighted by Gasteiger charge is -2.13. The van der Waals surface area contributed by atoms with Gasteiger partial charge in [0.1, 0.15) is 24.8 Å². The van der Waals surface area contributed by atoms with Gasteiger partial charge < -0.3 is 14.2 Å². The Morgan fingerprint density at radius 3 is 2.45 bits per heavy atom. The fourth-order valence-electron chi connectivity index (χ4n) is 1.97. The third kappa shape index (κ3) is 4.13. The van der Waals surface area contributed by atoms with Crippen LogP contribution in [-0.2, 0) is 6.42 Å². The van der Waals surface area contributed by atoms with E-state index in [1.54, 1.807) is 18.2 Å². The van der Waals surface area contributed by atoms with E-state index in [4.69, 9.17) is 19.5 Å². The zero-order chi connectivity index (χ0) is 15.8. The van der Waals surface area contributed by atoms with Gasteiger partial charge in [-0.3, -0.25) is 0 Å². The van der Waals surface area contributed by atoms with E-state index in [0.29, 0.717) is 30.5 Å². The minimum Gasteiger partial charge on any atom is -0.493 e. The van der Waals surface area contributed by atoms with Gasteiger partial charge in [-0.2, -0.15) is 5.26 Å². The summed E-state index contributed by atoms with van der Waals surface area (Å²) in [5.41, 5.74) is 0.780. The highest BCUT2D eigenvalue weighted by Gasteiger charge is 2.09. The topological polar surface area (TPSA) is 51.5 Å². The Labute approximate surface area is 128 Å². The number of ether oxygens (including phenoxy) is 3. The summed E-state index contributed by atoms with van der Waals surface area (Å²) in [4.78, 5) is 0. The monoisotopic (exact) mass is 301 g/mol. The number of nitrogens with zero attached hydrogens (tertiary/aromatic N) is 1. The maximum absolute atomic E-state index is 12.8. The second-order valence-corrected chi connectivity index (χ2v) is 4.43. The fraction of sp³-hybridized carbons (Fsp3) is 0.235. The molecule has 5 heteroatoms. The highest BCUT2D eigenvalue weighted by molar-refractivity contribution is 5.47. The molecule has 0 aromatic heterocycles. The van der Waals surface area contributed by atoms with Gasteiger partial charge in [0.25, 0.3) is 0 Å². The maximum Gasteiger partial charge on any atom is 0.164 e. The van der Waals surface area contributed by atoms with Crippen LogP contribution >= 0.6 is 0 Å². The van der Waals surface area contributed by atoms with Gasteiger partial charge in [0.15, 0.2) is 11.5 Å². The third-order valence-electron chi connectivity index (χ3n) is 2.96. The molecule has 0 atom stereocenters. The molecule has 0 amide bonds. The minimum atomic E-state index is -0.303. The van der Waals surface area contributed by atoms with Gasteiger partial charge in [0.05, 0.1) is 19.6 Å². The van der Waals surface area contributed by atoms with Crippen LogP contribution in [0.5, 0.6) is 17.2 Å². The van der Waals surface area contributed by atoms with Crippen LogP contribution in [0.2, 0.25) is 0 Å². The van der Waals surface area contributed by atoms with Crippen molar-refractivity contribution in [2.24, 2.45) is 0 Å². The zero-order valence-electron chi connectivity index (χ0n) is 12.2. The molecule has 2 aromatic rings. The summed E-state index contributed by atoms with van der Waals surface area (Å²) in [5.74, 6) is 1.40. The van der Waals surface area contributed by atoms with Crippen LogP contribution in [0.4, 0.5) is 4.39 Å². The molecule has 0 aliphatic carbocycles. The Kier molecular flexibility index (Phi) is 5.61. The average Bonchev–Trinajstić information content (AvgIpc) is 2.54. The van der Waals surface area contributed by atoms with Crippen LogP contribution < -0.4 is 14.2 Å². The number of hydrogen-bond donors (Lipinski definition) is 0. The molecule has 0 saturated heterocycles. The number of nitriles is 1. The van der Waals surface area contributed by atoms with Crippen molar-refractivity contribution in [1.29, 1.82) is 5.26 Å². The van der Waals surface area contributed by atoms with E-state index in [2.05, 4.69) is 6.07 Å². The van der Waals surface area contributed by atoms with Crippen LogP contribution in [0.25, 0.3) is 0 Å². The molecule has 0 unspecified atom stereocenters. The van der Waals surface area contributed by atoms with E-state index in [-0.39, 0.29) is 12.2 Å². The SMILES string of the molecule is COc1c(CC#N)cccc1OCCOc1ccc(F)cc1. The molecule has 0 aliphatic rings. The van der Waals surface area contributed by atoms with Gasteiger partial charge >= 0.3 is 0 Å². The van der Waals surface area contributed by atoms with Crippen molar-refractivity contribution in [3.05, 3.63) is 53.8 Å². The van der Waals surface area contributed by atoms with Crippen molar-refractivity contribution in [3.8, 4) is 23.3 Å². The van der Waals surface area contributed by atoms with Crippen LogP contribution in [0.1, 0.15) is 5.56 Å². The number of para-hydroxylation sites is 1. The summed E-state index contributed by atoms with van der Waals surface area (Å²) in [6.45, 7) is 0.626. The van der Waals surface area contributed by atoms with E-state index in [1.165, 1.54) is 19.2 Å². The van der Waals surface area contributed by atoms with Crippen molar-refractivity contribution in [2.75, 3.05) is 20.3 Å². The van der Waals surface area contributed by atoms with E-state index < -0.39 is 0 Å². The van der Waals surface area contributed by atoms with Crippen molar-refractivity contribution < 1.29 is 18.6 Å². The Balaban J connectivity index is 1.90. The molecule has 2 aromatic carbocycles. The molecular weight excluding hydrogens is 285 g/mol. The number of hydrogen-bond acceptors (Lipinski definition) is 4. The largest absolute Gasteiger partial charge is 0.493 e. The lowest BCUT2D eigenvalue weighted by atomic mass is 10.1. The standard InChI is InChI=1S/C17H16FNO3/c1-20-17-13(9-10-19)3-2-4-16(17)22-12-11-21-15-7-5-14(18)6-8-15/h2-8H,9,11-12H2,1H3. The predicted octanol–water partition coefficient (Wildman–Crippen LogP) is 3.36. The van der Waals surface area contributed by atoms with Crippen LogP contribution in [-0.4, -0.2) is 20.3 Å². The van der Waals surface area contributed by atoms with E-state index in [0.717, 1.165) is 5.56 Å². The van der Waals surface area contributed by atoms with E-state index in [9.17, 15) is 4.39 Å². The summed E-state index contributed by atoms with van der Waals surface area (Å²) in [7, 11) is 1.54. The smallest absolute Gasteiger partial charge is 0.164 e. The highest BCUT2D eigenvalue weighted by atomic mass is 19.1. The van der Waals surface area contributed by atoms with Gasteiger partial charge in [-0.25, -0.2) is 4.39 Å². The van der Waals surface area contributed by atoms with Gasteiger partial charge in [-0.15, -0.1) is 0 Å². The fourth-order valence-corrected chi connectivity index (χ4v) is 1.97. The van der Waals surface area contributed by atoms with Crippen molar-refractivity contribution in [1.82, 2.24) is 0 Å². The molecule has 2 rings (SSSR count). The van der Waals surface area contributed by atoms with E-state index >= 15 is 0 Å². The summed E-state index contributed by atoms with van der Waals surface area (Å²) >= 11 is 0. The van der Waals surface area contributed by atoms with Crippen molar-refractivity contribution in [3.63, 3.8) is 0 Å². The van der Waals surface area contributed by atoms with Gasteiger partial charge in [0, 0.05) is 5.56 Å². The van der Waals surface area contributed by atoms with E-state index in [1.807, 2.05) is 12.1 Å². The number of halogens is 1. The van der Waals surface area contributed by atoms with Crippen molar-refractivity contribution in [2.45, 2.75) is 6.42 Å². The highest BCUT2D eigenvalue weighted by Crippen LogP contribution is 2.31. The molecule has 0 saturated carbocycles. The van der Waals surface area contributed by atoms with Crippen LogP contribution in [0.15, 0.2) is 42.5 Å². The lowest BCUT2D eigenvalue weighted by molar-refractivity contribution is 0.211. The van der Waals surface area contributed by atoms with Gasteiger partial charge in [0.2, 0.25) is 0 Å². The molecule has 0 heterocycles. The van der Waals surface area contributed by atoms with Crippen molar-refractivity contribution >= 4 is 0 Å². The Morgan fingerprint density at radius 1 is 1.05 bits per heavy atom. The molecule has 4 nitrogen and oxygen atoms in total. The normalized spacial score (nSPS) is 9.86. The summed E-state index contributed by atoms with van der Waals surface area (Å²) in [6.07, 6.45) is 0.256. The number of methoxy groups -OCH3 is 1. The first kappa shape index (κ1) is 15.6. The van der Waals surface area contributed by atoms with Crippen LogP contribution in [0, 0.1) is 17.1 Å².